The first kappa shape index (κ1) is 29.7. The van der Waals surface area contributed by atoms with Crippen LogP contribution in [0.15, 0.2) is 30.3 Å². The maximum absolute atomic E-state index is 2.55. The summed E-state index contributed by atoms with van der Waals surface area (Å²) in [5, 5.41) is 0. The van der Waals surface area contributed by atoms with E-state index < -0.39 is 0 Å². The Morgan fingerprint density at radius 1 is 0.486 bits per heavy atom. The second-order valence-corrected chi connectivity index (χ2v) is 16.0. The van der Waals surface area contributed by atoms with Gasteiger partial charge in [0.1, 0.15) is 0 Å². The van der Waals surface area contributed by atoms with Gasteiger partial charge in [0, 0.05) is 5.92 Å². The van der Waals surface area contributed by atoms with Gasteiger partial charge in [-0.1, -0.05) is 141 Å². The standard InChI is InChI=1S/C35H56/c1-17-25(26-20-23(31(2,3)4)18-19-27(26)33(8,9)10)30-28(34(11,12)13)21-24(32(5,6)7)22-29(30)35(14,15)16/h18-22,25H,17H2,1-16H3. The van der Waals surface area contributed by atoms with E-state index in [1.165, 1.54) is 33.4 Å². The Kier molecular flexibility index (Phi) is 7.96. The Bertz CT molecular complexity index is 993. The molecule has 2 aromatic carbocycles. The monoisotopic (exact) mass is 476 g/mol. The molecule has 0 radical (unpaired) electrons. The lowest BCUT2D eigenvalue weighted by atomic mass is 9.66. The molecule has 0 aliphatic carbocycles. The number of benzene rings is 2. The highest BCUT2D eigenvalue weighted by atomic mass is 14.4. The molecule has 0 N–H and O–H groups in total. The highest BCUT2D eigenvalue weighted by Gasteiger charge is 2.34. The molecular weight excluding hydrogens is 420 g/mol. The van der Waals surface area contributed by atoms with Gasteiger partial charge >= 0.3 is 0 Å². The van der Waals surface area contributed by atoms with Crippen LogP contribution in [0, 0.1) is 0 Å². The fourth-order valence-electron chi connectivity index (χ4n) is 5.28. The van der Waals surface area contributed by atoms with Crippen LogP contribution < -0.4 is 0 Å². The SMILES string of the molecule is CCC(c1cc(C(C)(C)C)ccc1C(C)(C)C)c1c(C(C)(C)C)cc(C(C)(C)C)cc1C(C)(C)C. The normalized spacial score (nSPS) is 14.9. The molecule has 0 amide bonds. The topological polar surface area (TPSA) is 0 Å². The minimum atomic E-state index is 0.0630. The summed E-state index contributed by atoms with van der Waals surface area (Å²) in [7, 11) is 0. The Balaban J connectivity index is 3.11. The molecule has 0 heterocycles. The molecule has 1 atom stereocenters. The van der Waals surface area contributed by atoms with Crippen molar-refractivity contribution in [3.63, 3.8) is 0 Å². The average molecular weight is 477 g/mol. The van der Waals surface area contributed by atoms with Crippen molar-refractivity contribution >= 4 is 0 Å². The van der Waals surface area contributed by atoms with Crippen LogP contribution in [0.2, 0.25) is 0 Å². The molecule has 0 aromatic heterocycles. The van der Waals surface area contributed by atoms with Gasteiger partial charge in [-0.05, 0) is 72.4 Å². The zero-order chi connectivity index (χ0) is 27.4. The van der Waals surface area contributed by atoms with E-state index in [4.69, 9.17) is 0 Å². The minimum absolute atomic E-state index is 0.0630. The van der Waals surface area contributed by atoms with Crippen molar-refractivity contribution in [1.82, 2.24) is 0 Å². The molecule has 0 bridgehead atoms. The molecule has 1 unspecified atom stereocenters. The lowest BCUT2D eigenvalue weighted by molar-refractivity contribution is 0.523. The molecule has 0 saturated carbocycles. The summed E-state index contributed by atoms with van der Waals surface area (Å²) < 4.78 is 0. The maximum Gasteiger partial charge on any atom is 0.00956 e. The fourth-order valence-corrected chi connectivity index (χ4v) is 5.28. The lowest BCUT2D eigenvalue weighted by Gasteiger charge is -2.38. The zero-order valence-electron chi connectivity index (χ0n) is 26.2. The summed E-state index contributed by atoms with van der Waals surface area (Å²) in [5.41, 5.74) is 10.9. The Hall–Kier alpha value is -1.56. The van der Waals surface area contributed by atoms with Crippen LogP contribution in [0.25, 0.3) is 0 Å². The Morgan fingerprint density at radius 3 is 1.20 bits per heavy atom. The zero-order valence-corrected chi connectivity index (χ0v) is 26.2. The molecule has 0 nitrogen and oxygen atoms in total. The van der Waals surface area contributed by atoms with Crippen LogP contribution in [-0.2, 0) is 27.1 Å². The van der Waals surface area contributed by atoms with Gasteiger partial charge in [-0.2, -0.15) is 0 Å². The molecule has 0 spiro atoms. The Labute approximate surface area is 219 Å². The van der Waals surface area contributed by atoms with E-state index in [2.05, 4.69) is 141 Å². The van der Waals surface area contributed by atoms with Gasteiger partial charge in [0.05, 0.1) is 0 Å². The minimum Gasteiger partial charge on any atom is -0.0645 e. The molecule has 0 aliphatic rings. The van der Waals surface area contributed by atoms with Crippen LogP contribution in [0.1, 0.15) is 162 Å². The predicted molar refractivity (Wildman–Crippen MR) is 159 cm³/mol. The molecule has 196 valence electrons. The van der Waals surface area contributed by atoms with Crippen LogP contribution in [-0.4, -0.2) is 0 Å². The summed E-state index contributed by atoms with van der Waals surface area (Å²) in [6.07, 6.45) is 1.09. The maximum atomic E-state index is 2.55. The van der Waals surface area contributed by atoms with Gasteiger partial charge in [0.15, 0.2) is 0 Å². The van der Waals surface area contributed by atoms with Crippen molar-refractivity contribution in [2.24, 2.45) is 0 Å². The van der Waals surface area contributed by atoms with Crippen molar-refractivity contribution in [2.45, 2.75) is 150 Å². The first-order valence-corrected chi connectivity index (χ1v) is 13.8. The van der Waals surface area contributed by atoms with Crippen molar-refractivity contribution in [1.29, 1.82) is 0 Å². The van der Waals surface area contributed by atoms with E-state index in [0.717, 1.165) is 6.42 Å². The molecule has 2 rings (SSSR count). The van der Waals surface area contributed by atoms with Crippen LogP contribution in [0.5, 0.6) is 0 Å². The van der Waals surface area contributed by atoms with Gasteiger partial charge in [-0.25, -0.2) is 0 Å². The number of rotatable bonds is 3. The van der Waals surface area contributed by atoms with E-state index in [-0.39, 0.29) is 27.1 Å². The van der Waals surface area contributed by atoms with E-state index >= 15 is 0 Å². The largest absolute Gasteiger partial charge is 0.0645 e. The van der Waals surface area contributed by atoms with Gasteiger partial charge in [-0.15, -0.1) is 0 Å². The molecule has 2 aromatic rings. The summed E-state index contributed by atoms with van der Waals surface area (Å²) in [4.78, 5) is 0. The first-order chi connectivity index (χ1) is 15.5. The van der Waals surface area contributed by atoms with Gasteiger partial charge in [-0.3, -0.25) is 0 Å². The Morgan fingerprint density at radius 2 is 0.886 bits per heavy atom. The third-order valence-corrected chi connectivity index (χ3v) is 7.52. The molecule has 0 fully saturated rings. The predicted octanol–water partition coefficient (Wildman–Crippen LogP) is 10.7. The van der Waals surface area contributed by atoms with E-state index in [9.17, 15) is 0 Å². The third kappa shape index (κ3) is 6.61. The first-order valence-electron chi connectivity index (χ1n) is 13.8. The van der Waals surface area contributed by atoms with Crippen molar-refractivity contribution in [3.8, 4) is 0 Å². The lowest BCUT2D eigenvalue weighted by Crippen LogP contribution is -2.27. The summed E-state index contributed by atoms with van der Waals surface area (Å²) in [5.74, 6) is 0.365. The van der Waals surface area contributed by atoms with E-state index in [0.29, 0.717) is 5.92 Å². The number of hydrogen-bond donors (Lipinski definition) is 0. The van der Waals surface area contributed by atoms with Gasteiger partial charge in [0.25, 0.3) is 0 Å². The second-order valence-electron chi connectivity index (χ2n) is 16.0. The van der Waals surface area contributed by atoms with Crippen molar-refractivity contribution in [2.75, 3.05) is 0 Å². The molecule has 0 aliphatic heterocycles. The highest BCUT2D eigenvalue weighted by molar-refractivity contribution is 5.54. The van der Waals surface area contributed by atoms with E-state index in [1.807, 2.05) is 0 Å². The molecule has 0 heteroatoms. The van der Waals surface area contributed by atoms with Crippen LogP contribution in [0.3, 0.4) is 0 Å². The van der Waals surface area contributed by atoms with Crippen LogP contribution in [0.4, 0.5) is 0 Å². The van der Waals surface area contributed by atoms with Crippen LogP contribution >= 0.6 is 0 Å². The molecule has 0 saturated heterocycles. The molecule has 35 heavy (non-hydrogen) atoms. The molecular formula is C35H56. The third-order valence-electron chi connectivity index (χ3n) is 7.52. The fraction of sp³-hybridized carbons (Fsp3) is 0.657. The van der Waals surface area contributed by atoms with Crippen molar-refractivity contribution < 1.29 is 0 Å². The average Bonchev–Trinajstić information content (AvgIpc) is 2.64. The summed E-state index contributed by atoms with van der Waals surface area (Å²) >= 11 is 0. The number of hydrogen-bond acceptors (Lipinski definition) is 0. The summed E-state index contributed by atoms with van der Waals surface area (Å²) in [6.45, 7) is 37.9. The highest BCUT2D eigenvalue weighted by Crippen LogP contribution is 2.47. The van der Waals surface area contributed by atoms with Gasteiger partial charge in [0.2, 0.25) is 0 Å². The quantitative estimate of drug-likeness (QED) is 0.413. The smallest absolute Gasteiger partial charge is 0.00956 e. The summed E-state index contributed by atoms with van der Waals surface area (Å²) in [6, 6.07) is 12.4. The van der Waals surface area contributed by atoms with E-state index in [1.54, 1.807) is 5.56 Å². The van der Waals surface area contributed by atoms with Gasteiger partial charge < -0.3 is 0 Å². The van der Waals surface area contributed by atoms with Crippen molar-refractivity contribution in [3.05, 3.63) is 69.3 Å². The second kappa shape index (κ2) is 9.39.